The van der Waals surface area contributed by atoms with Crippen molar-refractivity contribution in [2.45, 2.75) is 26.9 Å². The van der Waals surface area contributed by atoms with Gasteiger partial charge in [-0.15, -0.1) is 0 Å². The van der Waals surface area contributed by atoms with Gasteiger partial charge in [0.05, 0.1) is 6.10 Å². The van der Waals surface area contributed by atoms with Crippen molar-refractivity contribution in [2.75, 3.05) is 13.9 Å². The molecule has 0 amide bonds. The number of hydrogen-bond acceptors (Lipinski definition) is 2. The van der Waals surface area contributed by atoms with Crippen molar-refractivity contribution in [1.82, 2.24) is 0 Å². The summed E-state index contributed by atoms with van der Waals surface area (Å²) in [4.78, 5) is 0. The van der Waals surface area contributed by atoms with Gasteiger partial charge in [0, 0.05) is 18.6 Å². The van der Waals surface area contributed by atoms with Crippen molar-refractivity contribution in [2.24, 2.45) is 11.8 Å². The summed E-state index contributed by atoms with van der Waals surface area (Å²) in [5.74, 6) is 0.769. The first-order chi connectivity index (χ1) is 6.13. The van der Waals surface area contributed by atoms with Crippen molar-refractivity contribution >= 4 is 11.6 Å². The van der Waals surface area contributed by atoms with E-state index in [9.17, 15) is 0 Å². The molecule has 0 aliphatic rings. The van der Waals surface area contributed by atoms with E-state index in [2.05, 4.69) is 20.8 Å². The summed E-state index contributed by atoms with van der Waals surface area (Å²) in [6, 6.07) is 0. The molecule has 0 heterocycles. The van der Waals surface area contributed by atoms with E-state index in [0.29, 0.717) is 18.6 Å². The molecule has 0 aliphatic carbocycles. The summed E-state index contributed by atoms with van der Waals surface area (Å²) in [6.07, 6.45) is 2.09. The maximum Gasteiger partial charge on any atom is 0.146 e. The molecular weight excluding hydrogens is 188 g/mol. The minimum Gasteiger partial charge on any atom is -0.359 e. The summed E-state index contributed by atoms with van der Waals surface area (Å²) in [5, 5.41) is 0. The van der Waals surface area contributed by atoms with Gasteiger partial charge in [0.2, 0.25) is 0 Å². The molecule has 2 unspecified atom stereocenters. The third-order valence-corrected chi connectivity index (χ3v) is 2.08. The molecule has 0 spiro atoms. The average molecular weight is 207 g/mol. The molecule has 0 aliphatic heterocycles. The van der Waals surface area contributed by atoms with Crippen LogP contribution in [0.25, 0.3) is 0 Å². The SMILES string of the molecule is COCOC(C(C)C)C(C)/C=C/Cl. The zero-order valence-corrected chi connectivity index (χ0v) is 9.54. The molecule has 0 aromatic heterocycles. The van der Waals surface area contributed by atoms with Crippen LogP contribution in [0.4, 0.5) is 0 Å². The monoisotopic (exact) mass is 206 g/mol. The fraction of sp³-hybridized carbons (Fsp3) is 0.800. The zero-order chi connectivity index (χ0) is 10.3. The molecule has 13 heavy (non-hydrogen) atoms. The molecule has 0 aromatic carbocycles. The first kappa shape index (κ1) is 12.9. The molecule has 0 saturated heterocycles. The van der Waals surface area contributed by atoms with Gasteiger partial charge in [-0.05, 0) is 5.92 Å². The van der Waals surface area contributed by atoms with Crippen LogP contribution in [0, 0.1) is 11.8 Å². The summed E-state index contributed by atoms with van der Waals surface area (Å²) >= 11 is 5.51. The summed E-state index contributed by atoms with van der Waals surface area (Å²) in [6.45, 7) is 6.67. The third kappa shape index (κ3) is 5.29. The Labute approximate surface area is 85.9 Å². The molecule has 2 nitrogen and oxygen atoms in total. The highest BCUT2D eigenvalue weighted by molar-refractivity contribution is 6.25. The van der Waals surface area contributed by atoms with Gasteiger partial charge in [-0.2, -0.15) is 0 Å². The number of methoxy groups -OCH3 is 1. The predicted molar refractivity (Wildman–Crippen MR) is 55.7 cm³/mol. The molecule has 0 bridgehead atoms. The molecule has 3 heteroatoms. The first-order valence-electron chi connectivity index (χ1n) is 4.50. The van der Waals surface area contributed by atoms with Crippen molar-refractivity contribution < 1.29 is 9.47 Å². The molecule has 0 rings (SSSR count). The van der Waals surface area contributed by atoms with Crippen LogP contribution >= 0.6 is 11.6 Å². The van der Waals surface area contributed by atoms with Crippen LogP contribution in [0.2, 0.25) is 0 Å². The molecule has 0 aromatic rings. The molecule has 78 valence electrons. The highest BCUT2D eigenvalue weighted by Crippen LogP contribution is 2.18. The first-order valence-corrected chi connectivity index (χ1v) is 4.94. The minimum absolute atomic E-state index is 0.162. The molecule has 0 N–H and O–H groups in total. The van der Waals surface area contributed by atoms with Gasteiger partial charge in [-0.25, -0.2) is 0 Å². The molecule has 0 fully saturated rings. The van der Waals surface area contributed by atoms with E-state index >= 15 is 0 Å². The Morgan fingerprint density at radius 3 is 2.31 bits per heavy atom. The summed E-state index contributed by atoms with van der Waals surface area (Å²) in [7, 11) is 1.62. The molecule has 2 atom stereocenters. The van der Waals surface area contributed by atoms with Crippen LogP contribution in [-0.4, -0.2) is 20.0 Å². The van der Waals surface area contributed by atoms with Crippen LogP contribution < -0.4 is 0 Å². The number of halogens is 1. The van der Waals surface area contributed by atoms with E-state index in [-0.39, 0.29) is 6.10 Å². The van der Waals surface area contributed by atoms with Gasteiger partial charge < -0.3 is 9.47 Å². The van der Waals surface area contributed by atoms with Gasteiger partial charge in [0.25, 0.3) is 0 Å². The van der Waals surface area contributed by atoms with Gasteiger partial charge in [-0.1, -0.05) is 38.4 Å². The van der Waals surface area contributed by atoms with Crippen molar-refractivity contribution in [3.05, 3.63) is 11.6 Å². The fourth-order valence-corrected chi connectivity index (χ4v) is 1.55. The number of rotatable bonds is 6. The van der Waals surface area contributed by atoms with E-state index in [0.717, 1.165) is 0 Å². The Morgan fingerprint density at radius 1 is 1.31 bits per heavy atom. The lowest BCUT2D eigenvalue weighted by atomic mass is 9.95. The molecule has 0 radical (unpaired) electrons. The van der Waals surface area contributed by atoms with Gasteiger partial charge >= 0.3 is 0 Å². The van der Waals surface area contributed by atoms with E-state index in [4.69, 9.17) is 21.1 Å². The maximum absolute atomic E-state index is 5.53. The zero-order valence-electron chi connectivity index (χ0n) is 8.79. The average Bonchev–Trinajstić information content (AvgIpc) is 2.05. The molecule has 0 saturated carbocycles. The van der Waals surface area contributed by atoms with Crippen LogP contribution in [-0.2, 0) is 9.47 Å². The molecular formula is C10H19ClO2. The van der Waals surface area contributed by atoms with Gasteiger partial charge in [0.1, 0.15) is 6.79 Å². The van der Waals surface area contributed by atoms with E-state index in [1.807, 2.05) is 6.08 Å². The number of ether oxygens (including phenoxy) is 2. The smallest absolute Gasteiger partial charge is 0.146 e. The minimum atomic E-state index is 0.162. The van der Waals surface area contributed by atoms with Crippen LogP contribution in [0.3, 0.4) is 0 Å². The highest BCUT2D eigenvalue weighted by Gasteiger charge is 2.19. The summed E-state index contributed by atoms with van der Waals surface area (Å²) < 4.78 is 10.4. The van der Waals surface area contributed by atoms with Crippen molar-refractivity contribution in [3.8, 4) is 0 Å². The Morgan fingerprint density at radius 2 is 1.92 bits per heavy atom. The quantitative estimate of drug-likeness (QED) is 0.622. The lowest BCUT2D eigenvalue weighted by molar-refractivity contribution is -0.0985. The van der Waals surface area contributed by atoms with Crippen LogP contribution in [0.5, 0.6) is 0 Å². The largest absolute Gasteiger partial charge is 0.359 e. The Kier molecular flexibility index (Phi) is 7.33. The van der Waals surface area contributed by atoms with E-state index in [1.54, 1.807) is 7.11 Å². The Bertz CT molecular complexity index is 146. The van der Waals surface area contributed by atoms with Gasteiger partial charge in [-0.3, -0.25) is 0 Å². The topological polar surface area (TPSA) is 18.5 Å². The second-order valence-electron chi connectivity index (χ2n) is 3.46. The van der Waals surface area contributed by atoms with Crippen LogP contribution in [0.15, 0.2) is 11.6 Å². The van der Waals surface area contributed by atoms with Gasteiger partial charge in [0.15, 0.2) is 0 Å². The lowest BCUT2D eigenvalue weighted by Gasteiger charge is -2.25. The fourth-order valence-electron chi connectivity index (χ4n) is 1.32. The Balaban J connectivity index is 4.06. The van der Waals surface area contributed by atoms with Crippen LogP contribution in [0.1, 0.15) is 20.8 Å². The van der Waals surface area contributed by atoms with Crippen molar-refractivity contribution in [1.29, 1.82) is 0 Å². The standard InChI is InChI=1S/C10H19ClO2/c1-8(2)10(13-7-12-4)9(3)5-6-11/h5-6,8-10H,7H2,1-4H3/b6-5+. The summed E-state index contributed by atoms with van der Waals surface area (Å²) in [5.41, 5.74) is 1.54. The van der Waals surface area contributed by atoms with E-state index < -0.39 is 0 Å². The normalized spacial score (nSPS) is 16.8. The number of hydrogen-bond donors (Lipinski definition) is 0. The third-order valence-electron chi connectivity index (χ3n) is 1.93. The second kappa shape index (κ2) is 7.36. The van der Waals surface area contributed by atoms with Crippen molar-refractivity contribution in [3.63, 3.8) is 0 Å². The second-order valence-corrected chi connectivity index (χ2v) is 3.71. The maximum atomic E-state index is 5.53. The Hall–Kier alpha value is -0.0500. The highest BCUT2D eigenvalue weighted by atomic mass is 35.5. The predicted octanol–water partition coefficient (Wildman–Crippen LogP) is 3.02. The lowest BCUT2D eigenvalue weighted by Crippen LogP contribution is -2.27. The van der Waals surface area contributed by atoms with E-state index in [1.165, 1.54) is 5.54 Å².